The van der Waals surface area contributed by atoms with Crippen molar-refractivity contribution >= 4 is 27.6 Å². The molecular formula is C18H31ClN4O2S. The fraction of sp³-hybridized carbons (Fsp3) is 0.611. The highest BCUT2D eigenvalue weighted by Crippen LogP contribution is 2.22. The number of halogens is 1. The van der Waals surface area contributed by atoms with E-state index in [4.69, 9.17) is 11.6 Å². The van der Waals surface area contributed by atoms with Crippen LogP contribution in [0.3, 0.4) is 0 Å². The van der Waals surface area contributed by atoms with Crippen molar-refractivity contribution < 1.29 is 8.42 Å². The predicted molar refractivity (Wildman–Crippen MR) is 110 cm³/mol. The van der Waals surface area contributed by atoms with Crippen LogP contribution in [0.15, 0.2) is 29.3 Å². The monoisotopic (exact) mass is 402 g/mol. The largest absolute Gasteiger partial charge is 0.356 e. The zero-order chi connectivity index (χ0) is 19.6. The molecule has 8 heteroatoms. The fourth-order valence-electron chi connectivity index (χ4n) is 2.43. The fourth-order valence-corrected chi connectivity index (χ4v) is 3.30. The van der Waals surface area contributed by atoms with Crippen LogP contribution in [-0.4, -0.2) is 46.8 Å². The van der Waals surface area contributed by atoms with E-state index in [1.165, 1.54) is 5.56 Å². The van der Waals surface area contributed by atoms with Gasteiger partial charge in [-0.15, -0.1) is 0 Å². The highest BCUT2D eigenvalue weighted by molar-refractivity contribution is 7.89. The summed E-state index contributed by atoms with van der Waals surface area (Å²) in [6, 6.07) is 7.92. The second-order valence-corrected chi connectivity index (χ2v) is 9.51. The molecule has 1 aromatic carbocycles. The third-order valence-corrected chi connectivity index (χ3v) is 5.52. The first kappa shape index (κ1) is 22.7. The van der Waals surface area contributed by atoms with Crippen molar-refractivity contribution in [3.63, 3.8) is 0 Å². The van der Waals surface area contributed by atoms with Gasteiger partial charge < -0.3 is 10.6 Å². The van der Waals surface area contributed by atoms with Gasteiger partial charge in [0.25, 0.3) is 0 Å². The van der Waals surface area contributed by atoms with E-state index >= 15 is 0 Å². The van der Waals surface area contributed by atoms with Crippen molar-refractivity contribution in [2.75, 3.05) is 32.4 Å². The molecule has 0 unspecified atom stereocenters. The van der Waals surface area contributed by atoms with Gasteiger partial charge in [-0.25, -0.2) is 13.1 Å². The Morgan fingerprint density at radius 2 is 1.96 bits per heavy atom. The number of hydrogen-bond donors (Lipinski definition) is 3. The molecule has 0 bridgehead atoms. The maximum Gasteiger partial charge on any atom is 0.211 e. The highest BCUT2D eigenvalue weighted by Gasteiger charge is 2.19. The molecule has 1 rings (SSSR count). The summed E-state index contributed by atoms with van der Waals surface area (Å²) in [6.07, 6.45) is 1.59. The molecule has 0 aliphatic carbocycles. The van der Waals surface area contributed by atoms with Gasteiger partial charge in [-0.1, -0.05) is 37.6 Å². The zero-order valence-electron chi connectivity index (χ0n) is 16.1. The number of nitrogens with one attached hydrogen (secondary N) is 3. The van der Waals surface area contributed by atoms with Crippen LogP contribution in [0, 0.1) is 5.41 Å². The summed E-state index contributed by atoms with van der Waals surface area (Å²) < 4.78 is 25.3. The Hall–Kier alpha value is -1.31. The number of guanidine groups is 1. The lowest BCUT2D eigenvalue weighted by Gasteiger charge is -2.26. The van der Waals surface area contributed by atoms with E-state index in [0.29, 0.717) is 25.5 Å². The average Bonchev–Trinajstić information content (AvgIpc) is 2.57. The van der Waals surface area contributed by atoms with E-state index < -0.39 is 10.0 Å². The van der Waals surface area contributed by atoms with Gasteiger partial charge in [-0.3, -0.25) is 4.99 Å². The zero-order valence-corrected chi connectivity index (χ0v) is 17.7. The normalized spacial score (nSPS) is 12.9. The Balaban J connectivity index is 2.36. The standard InChI is InChI=1S/C18H31ClN4O2S/c1-5-26(24,25)23-11-7-10-21-17(20-4)22-14-18(2,3)13-15-8-6-9-16(19)12-15/h6,8-9,12,23H,5,7,10-11,13-14H2,1-4H3,(H2,20,21,22). The topological polar surface area (TPSA) is 82.6 Å². The van der Waals surface area contributed by atoms with Gasteiger partial charge >= 0.3 is 0 Å². The quantitative estimate of drug-likeness (QED) is 0.319. The van der Waals surface area contributed by atoms with E-state index in [-0.39, 0.29) is 11.2 Å². The number of aliphatic imine (C=N–C) groups is 1. The van der Waals surface area contributed by atoms with Crippen LogP contribution in [-0.2, 0) is 16.4 Å². The summed E-state index contributed by atoms with van der Waals surface area (Å²) in [5.74, 6) is 0.813. The van der Waals surface area contributed by atoms with Gasteiger partial charge in [0.2, 0.25) is 10.0 Å². The molecule has 26 heavy (non-hydrogen) atoms. The maximum atomic E-state index is 11.4. The molecule has 6 nitrogen and oxygen atoms in total. The Morgan fingerprint density at radius 1 is 1.23 bits per heavy atom. The molecule has 0 spiro atoms. The van der Waals surface area contributed by atoms with Crippen molar-refractivity contribution in [2.24, 2.45) is 10.4 Å². The summed E-state index contributed by atoms with van der Waals surface area (Å²) in [5.41, 5.74) is 1.23. The lowest BCUT2D eigenvalue weighted by molar-refractivity contribution is 0.359. The van der Waals surface area contributed by atoms with Crippen LogP contribution >= 0.6 is 11.6 Å². The first-order valence-corrected chi connectivity index (χ1v) is 10.9. The highest BCUT2D eigenvalue weighted by atomic mass is 35.5. The summed E-state index contributed by atoms with van der Waals surface area (Å²) in [5, 5.41) is 7.28. The number of sulfonamides is 1. The Labute approximate surface area is 162 Å². The molecule has 0 aromatic heterocycles. The third kappa shape index (κ3) is 9.40. The third-order valence-electron chi connectivity index (χ3n) is 3.88. The Morgan fingerprint density at radius 3 is 2.58 bits per heavy atom. The van der Waals surface area contributed by atoms with Crippen molar-refractivity contribution in [1.29, 1.82) is 0 Å². The van der Waals surface area contributed by atoms with Crippen molar-refractivity contribution in [1.82, 2.24) is 15.4 Å². The van der Waals surface area contributed by atoms with Crippen molar-refractivity contribution in [3.8, 4) is 0 Å². The van der Waals surface area contributed by atoms with Crippen LogP contribution in [0.25, 0.3) is 0 Å². The smallest absolute Gasteiger partial charge is 0.211 e. The minimum absolute atomic E-state index is 0.0268. The Bertz CT molecular complexity index is 690. The molecule has 3 N–H and O–H groups in total. The van der Waals surface area contributed by atoms with E-state index in [2.05, 4.69) is 40.3 Å². The van der Waals surface area contributed by atoms with Crippen molar-refractivity contribution in [3.05, 3.63) is 34.9 Å². The van der Waals surface area contributed by atoms with Crippen molar-refractivity contribution in [2.45, 2.75) is 33.6 Å². The lowest BCUT2D eigenvalue weighted by atomic mass is 9.86. The molecule has 0 amide bonds. The number of hydrogen-bond acceptors (Lipinski definition) is 3. The van der Waals surface area contributed by atoms with Crippen LogP contribution in [0.4, 0.5) is 0 Å². The molecule has 0 atom stereocenters. The van der Waals surface area contributed by atoms with E-state index in [9.17, 15) is 8.42 Å². The van der Waals surface area contributed by atoms with Gasteiger partial charge in [0.15, 0.2) is 5.96 Å². The summed E-state index contributed by atoms with van der Waals surface area (Å²) >= 11 is 6.06. The van der Waals surface area contributed by atoms with E-state index in [0.717, 1.165) is 18.0 Å². The molecular weight excluding hydrogens is 372 g/mol. The minimum atomic E-state index is -3.12. The van der Waals surface area contributed by atoms with Gasteiger partial charge in [-0.2, -0.15) is 0 Å². The molecule has 0 fully saturated rings. The van der Waals surface area contributed by atoms with Gasteiger partial charge in [0, 0.05) is 31.7 Å². The summed E-state index contributed by atoms with van der Waals surface area (Å²) in [6.45, 7) is 7.81. The van der Waals surface area contributed by atoms with Gasteiger partial charge in [0.05, 0.1) is 5.75 Å². The molecule has 1 aromatic rings. The second kappa shape index (κ2) is 10.7. The molecule has 0 radical (unpaired) electrons. The van der Waals surface area contributed by atoms with Gasteiger partial charge in [-0.05, 0) is 42.9 Å². The minimum Gasteiger partial charge on any atom is -0.356 e. The molecule has 148 valence electrons. The van der Waals surface area contributed by atoms with Gasteiger partial charge in [0.1, 0.15) is 0 Å². The van der Waals surface area contributed by atoms with Crippen LogP contribution in [0.2, 0.25) is 5.02 Å². The van der Waals surface area contributed by atoms with Crippen LogP contribution in [0.1, 0.15) is 32.8 Å². The van der Waals surface area contributed by atoms with Crippen LogP contribution in [0.5, 0.6) is 0 Å². The van der Waals surface area contributed by atoms with Crippen LogP contribution < -0.4 is 15.4 Å². The predicted octanol–water partition coefficient (Wildman–Crippen LogP) is 2.40. The number of benzene rings is 1. The Kier molecular flexibility index (Phi) is 9.39. The summed E-state index contributed by atoms with van der Waals surface area (Å²) in [7, 11) is -1.40. The second-order valence-electron chi connectivity index (χ2n) is 6.97. The molecule has 0 heterocycles. The van der Waals surface area contributed by atoms with E-state index in [1.54, 1.807) is 14.0 Å². The SMILES string of the molecule is CCS(=O)(=O)NCCCNC(=NC)NCC(C)(C)Cc1cccc(Cl)c1. The summed E-state index contributed by atoms with van der Waals surface area (Å²) in [4.78, 5) is 4.21. The van der Waals surface area contributed by atoms with E-state index in [1.807, 2.05) is 18.2 Å². The number of rotatable bonds is 10. The first-order valence-electron chi connectivity index (χ1n) is 8.84. The molecule has 0 saturated carbocycles. The molecule has 0 saturated heterocycles. The lowest BCUT2D eigenvalue weighted by Crippen LogP contribution is -2.43. The molecule has 0 aliphatic heterocycles. The molecule has 0 aliphatic rings. The number of nitrogens with zero attached hydrogens (tertiary/aromatic N) is 1. The first-order chi connectivity index (χ1) is 12.2. The average molecular weight is 403 g/mol. The maximum absolute atomic E-state index is 11.4.